The number of nitrogens with one attached hydrogen (secondary N) is 3. The quantitative estimate of drug-likeness (QED) is 0.420. The molecule has 3 heterocycles. The highest BCUT2D eigenvalue weighted by Crippen LogP contribution is 2.38. The molecule has 0 saturated carbocycles. The Balaban J connectivity index is 1.61. The molecule has 39 heavy (non-hydrogen) atoms. The number of nitriles is 1. The number of carbonyl (C=O) groups is 2. The molecule has 3 N–H and O–H groups in total. The molecule has 1 unspecified atom stereocenters. The number of rotatable bonds is 8. The SMILES string of the molecule is Cc1c(Nc2ccc(C3CCCN3)cc2)nn(C2(CC#N)CCN(C(=O)OC(C)(C)C)CC2)c1/C=C\NC=O. The Labute approximate surface area is 230 Å². The topological polar surface area (TPSA) is 124 Å². The van der Waals surface area contributed by atoms with E-state index in [1.807, 2.05) is 32.4 Å². The molecule has 2 aliphatic heterocycles. The Morgan fingerprint density at radius 3 is 2.59 bits per heavy atom. The van der Waals surface area contributed by atoms with Crippen LogP contribution in [0.15, 0.2) is 30.5 Å². The monoisotopic (exact) mass is 533 g/mol. The van der Waals surface area contributed by atoms with Gasteiger partial charge in [0, 0.05) is 36.6 Å². The van der Waals surface area contributed by atoms with E-state index in [2.05, 4.69) is 46.3 Å². The van der Waals surface area contributed by atoms with Crippen LogP contribution >= 0.6 is 0 Å². The third-order valence-electron chi connectivity index (χ3n) is 7.41. The summed E-state index contributed by atoms with van der Waals surface area (Å²) < 4.78 is 7.47. The highest BCUT2D eigenvalue weighted by molar-refractivity contribution is 5.68. The maximum atomic E-state index is 12.7. The fourth-order valence-electron chi connectivity index (χ4n) is 5.30. The third kappa shape index (κ3) is 6.60. The summed E-state index contributed by atoms with van der Waals surface area (Å²) in [4.78, 5) is 25.3. The second-order valence-electron chi connectivity index (χ2n) is 11.3. The molecule has 0 spiro atoms. The van der Waals surface area contributed by atoms with E-state index in [4.69, 9.17) is 9.84 Å². The zero-order chi connectivity index (χ0) is 28.0. The van der Waals surface area contributed by atoms with Crippen molar-refractivity contribution < 1.29 is 14.3 Å². The van der Waals surface area contributed by atoms with Crippen molar-refractivity contribution in [3.63, 3.8) is 0 Å². The number of hydrogen-bond acceptors (Lipinski definition) is 7. The molecule has 208 valence electrons. The van der Waals surface area contributed by atoms with Crippen molar-refractivity contribution in [2.45, 2.75) is 77.0 Å². The van der Waals surface area contributed by atoms with E-state index in [1.165, 1.54) is 12.0 Å². The minimum Gasteiger partial charge on any atom is -0.444 e. The minimum absolute atomic E-state index is 0.237. The molecule has 4 rings (SSSR count). The van der Waals surface area contributed by atoms with Crippen LogP contribution in [-0.2, 0) is 15.1 Å². The van der Waals surface area contributed by atoms with Gasteiger partial charge in [0.25, 0.3) is 0 Å². The molecule has 0 radical (unpaired) electrons. The highest BCUT2D eigenvalue weighted by atomic mass is 16.6. The Morgan fingerprint density at radius 2 is 2.00 bits per heavy atom. The van der Waals surface area contributed by atoms with Gasteiger partial charge in [-0.1, -0.05) is 12.1 Å². The van der Waals surface area contributed by atoms with Gasteiger partial charge in [0.2, 0.25) is 6.41 Å². The molecule has 2 fully saturated rings. The van der Waals surface area contributed by atoms with Crippen LogP contribution in [0.1, 0.15) is 75.7 Å². The molecule has 10 heteroatoms. The number of amides is 2. The van der Waals surface area contributed by atoms with E-state index in [0.29, 0.717) is 44.2 Å². The summed E-state index contributed by atoms with van der Waals surface area (Å²) in [5, 5.41) is 24.3. The Bertz CT molecular complexity index is 1220. The number of piperidine rings is 1. The van der Waals surface area contributed by atoms with Crippen molar-refractivity contribution in [1.82, 2.24) is 25.3 Å². The number of hydrogen-bond donors (Lipinski definition) is 3. The Morgan fingerprint density at radius 1 is 1.28 bits per heavy atom. The van der Waals surface area contributed by atoms with E-state index < -0.39 is 11.1 Å². The summed E-state index contributed by atoms with van der Waals surface area (Å²) in [5.41, 5.74) is 2.69. The van der Waals surface area contributed by atoms with Crippen LogP contribution in [0.4, 0.5) is 16.3 Å². The first kappa shape index (κ1) is 28.2. The predicted molar refractivity (Wildman–Crippen MR) is 150 cm³/mol. The number of benzene rings is 1. The van der Waals surface area contributed by atoms with E-state index in [1.54, 1.807) is 17.2 Å². The number of likely N-dealkylation sites (tertiary alicyclic amines) is 1. The van der Waals surface area contributed by atoms with Crippen LogP contribution in [0.2, 0.25) is 0 Å². The van der Waals surface area contributed by atoms with E-state index >= 15 is 0 Å². The van der Waals surface area contributed by atoms with Crippen LogP contribution in [0.25, 0.3) is 6.08 Å². The average Bonchev–Trinajstić information content (AvgIpc) is 3.54. The fourth-order valence-corrected chi connectivity index (χ4v) is 5.30. The molecular weight excluding hydrogens is 494 g/mol. The molecule has 2 aliphatic rings. The van der Waals surface area contributed by atoms with E-state index in [0.717, 1.165) is 29.9 Å². The zero-order valence-electron chi connectivity index (χ0n) is 23.3. The number of ether oxygens (including phenoxy) is 1. The molecular formula is C29H39N7O3. The van der Waals surface area contributed by atoms with Crippen LogP contribution in [0, 0.1) is 18.3 Å². The maximum absolute atomic E-state index is 12.7. The standard InChI is InChI=1S/C29H39N7O3/c1-21-25(11-17-31-20-37)36(29(12-15-30)13-18-35(19-14-29)27(38)39-28(2,3)4)34-26(21)33-23-9-7-22(8-10-23)24-6-5-16-32-24/h7-11,17,20,24,32H,5-6,12-14,16,18-19H2,1-4H3,(H,31,37)(H,33,34)/b17-11-. The van der Waals surface area contributed by atoms with Crippen molar-refractivity contribution in [3.8, 4) is 6.07 Å². The van der Waals surface area contributed by atoms with Gasteiger partial charge in [-0.25, -0.2) is 4.79 Å². The van der Waals surface area contributed by atoms with Crippen LogP contribution < -0.4 is 16.0 Å². The lowest BCUT2D eigenvalue weighted by Crippen LogP contribution is -2.49. The van der Waals surface area contributed by atoms with Gasteiger partial charge in [0.1, 0.15) is 5.60 Å². The first-order valence-electron chi connectivity index (χ1n) is 13.6. The molecule has 0 bridgehead atoms. The molecule has 2 aromatic rings. The largest absolute Gasteiger partial charge is 0.444 e. The lowest BCUT2D eigenvalue weighted by atomic mass is 9.84. The molecule has 2 amide bonds. The van der Waals surface area contributed by atoms with Gasteiger partial charge in [-0.2, -0.15) is 10.4 Å². The Hall–Kier alpha value is -3.84. The number of anilines is 2. The zero-order valence-corrected chi connectivity index (χ0v) is 23.3. The second-order valence-corrected chi connectivity index (χ2v) is 11.3. The summed E-state index contributed by atoms with van der Waals surface area (Å²) in [6.45, 7) is 9.47. The van der Waals surface area contributed by atoms with Crippen LogP contribution in [0.5, 0.6) is 0 Å². The van der Waals surface area contributed by atoms with Crippen molar-refractivity contribution in [2.75, 3.05) is 25.0 Å². The first-order valence-corrected chi connectivity index (χ1v) is 13.6. The van der Waals surface area contributed by atoms with Crippen molar-refractivity contribution in [3.05, 3.63) is 47.3 Å². The molecule has 2 saturated heterocycles. The summed E-state index contributed by atoms with van der Waals surface area (Å²) in [6, 6.07) is 11.1. The van der Waals surface area contributed by atoms with Gasteiger partial charge in [0.15, 0.2) is 5.82 Å². The lowest BCUT2D eigenvalue weighted by molar-refractivity contribution is -0.108. The van der Waals surface area contributed by atoms with Crippen molar-refractivity contribution in [1.29, 1.82) is 5.26 Å². The van der Waals surface area contributed by atoms with E-state index in [9.17, 15) is 14.9 Å². The van der Waals surface area contributed by atoms with Crippen LogP contribution in [-0.4, -0.2) is 52.4 Å². The third-order valence-corrected chi connectivity index (χ3v) is 7.41. The minimum atomic E-state index is -0.614. The van der Waals surface area contributed by atoms with Gasteiger partial charge in [-0.15, -0.1) is 0 Å². The Kier molecular flexibility index (Phi) is 8.60. The molecule has 10 nitrogen and oxygen atoms in total. The van der Waals surface area contributed by atoms with Crippen LogP contribution in [0.3, 0.4) is 0 Å². The molecule has 1 aromatic carbocycles. The fraction of sp³-hybridized carbons (Fsp3) is 0.517. The average molecular weight is 534 g/mol. The van der Waals surface area contributed by atoms with Gasteiger partial charge >= 0.3 is 6.09 Å². The predicted octanol–water partition coefficient (Wildman–Crippen LogP) is 4.72. The normalized spacial score (nSPS) is 19.1. The van der Waals surface area contributed by atoms with Crippen molar-refractivity contribution >= 4 is 30.1 Å². The summed E-state index contributed by atoms with van der Waals surface area (Å²) in [6.07, 6.45) is 7.30. The number of carbonyl (C=O) groups excluding carboxylic acids is 2. The molecule has 1 atom stereocenters. The maximum Gasteiger partial charge on any atom is 0.410 e. The van der Waals surface area contributed by atoms with Gasteiger partial charge < -0.3 is 25.6 Å². The second kappa shape index (κ2) is 11.9. The van der Waals surface area contributed by atoms with Crippen molar-refractivity contribution in [2.24, 2.45) is 0 Å². The number of aromatic nitrogens is 2. The molecule has 0 aliphatic carbocycles. The smallest absolute Gasteiger partial charge is 0.410 e. The summed E-state index contributed by atoms with van der Waals surface area (Å²) in [7, 11) is 0. The van der Waals surface area contributed by atoms with E-state index in [-0.39, 0.29) is 12.5 Å². The summed E-state index contributed by atoms with van der Waals surface area (Å²) in [5.74, 6) is 0.680. The van der Waals surface area contributed by atoms with Gasteiger partial charge in [0.05, 0.1) is 23.7 Å². The highest BCUT2D eigenvalue weighted by Gasteiger charge is 2.41. The number of nitrogens with zero attached hydrogens (tertiary/aromatic N) is 4. The van der Waals surface area contributed by atoms with Gasteiger partial charge in [-0.3, -0.25) is 9.48 Å². The summed E-state index contributed by atoms with van der Waals surface area (Å²) >= 11 is 0. The first-order chi connectivity index (χ1) is 18.7. The van der Waals surface area contributed by atoms with Gasteiger partial charge in [-0.05, 0) is 83.7 Å². The molecule has 1 aromatic heterocycles. The lowest BCUT2D eigenvalue weighted by Gasteiger charge is -2.41.